The molecular weight excluding hydrogens is 634 g/mol. The number of benzene rings is 4. The maximum Gasteiger partial charge on any atom is 0.264 e. The molecule has 0 saturated heterocycles. The molecule has 4 aromatic rings. The van der Waals surface area contributed by atoms with Crippen LogP contribution in [-0.2, 0) is 21.4 Å². The Morgan fingerprint density at radius 2 is 1.58 bits per heavy atom. The molecule has 4 aromatic carbocycles. The number of amides is 1. The Bertz CT molecular complexity index is 1710. The number of aryl methyl sites for hydroxylation is 2. The van der Waals surface area contributed by atoms with E-state index in [0.29, 0.717) is 33.9 Å². The summed E-state index contributed by atoms with van der Waals surface area (Å²) in [6, 6.07) is 24.8. The van der Waals surface area contributed by atoms with Crippen molar-refractivity contribution in [3.05, 3.63) is 112 Å². The molecular formula is C32H32BrN3O6S. The summed E-state index contributed by atoms with van der Waals surface area (Å²) < 4.78 is 46.1. The number of anilines is 1. The Morgan fingerprint density at radius 1 is 0.907 bits per heavy atom. The number of hydrogen-bond acceptors (Lipinski definition) is 7. The van der Waals surface area contributed by atoms with E-state index in [2.05, 4.69) is 26.5 Å². The molecule has 0 saturated carbocycles. The average Bonchev–Trinajstić information content (AvgIpc) is 2.99. The van der Waals surface area contributed by atoms with Gasteiger partial charge in [-0.05, 0) is 82.9 Å². The van der Waals surface area contributed by atoms with Crippen LogP contribution in [0.15, 0.2) is 99.4 Å². The van der Waals surface area contributed by atoms with Crippen molar-refractivity contribution >= 4 is 43.8 Å². The minimum atomic E-state index is -4.13. The smallest absolute Gasteiger partial charge is 0.264 e. The van der Waals surface area contributed by atoms with Crippen LogP contribution in [0.2, 0.25) is 0 Å². The summed E-state index contributed by atoms with van der Waals surface area (Å²) in [5, 5.41) is 4.06. The zero-order valence-corrected chi connectivity index (χ0v) is 26.6. The van der Waals surface area contributed by atoms with E-state index in [9.17, 15) is 13.2 Å². The van der Waals surface area contributed by atoms with E-state index in [0.717, 1.165) is 21.0 Å². The second kappa shape index (κ2) is 14.2. The summed E-state index contributed by atoms with van der Waals surface area (Å²) in [5.41, 5.74) is 5.99. The average molecular weight is 667 g/mol. The molecule has 0 aliphatic carbocycles. The molecule has 0 bridgehead atoms. The van der Waals surface area contributed by atoms with E-state index in [1.807, 2.05) is 44.2 Å². The van der Waals surface area contributed by atoms with Crippen LogP contribution in [-0.4, -0.2) is 41.3 Å². The molecule has 0 aromatic heterocycles. The van der Waals surface area contributed by atoms with Crippen LogP contribution in [0, 0.1) is 13.8 Å². The minimum absolute atomic E-state index is 0.0458. The van der Waals surface area contributed by atoms with Gasteiger partial charge in [-0.1, -0.05) is 54.1 Å². The molecule has 9 nitrogen and oxygen atoms in total. The highest BCUT2D eigenvalue weighted by Gasteiger charge is 2.29. The molecule has 224 valence electrons. The van der Waals surface area contributed by atoms with Crippen molar-refractivity contribution in [2.75, 3.05) is 25.1 Å². The molecule has 0 unspecified atom stereocenters. The topological polar surface area (TPSA) is 107 Å². The zero-order valence-electron chi connectivity index (χ0n) is 24.2. The van der Waals surface area contributed by atoms with Gasteiger partial charge in [-0.3, -0.25) is 9.10 Å². The third kappa shape index (κ3) is 7.94. The number of ether oxygens (including phenoxy) is 3. The summed E-state index contributed by atoms with van der Waals surface area (Å²) in [7, 11) is -1.16. The summed E-state index contributed by atoms with van der Waals surface area (Å²) in [6.45, 7) is 3.51. The molecule has 1 amide bonds. The summed E-state index contributed by atoms with van der Waals surface area (Å²) in [5.74, 6) is 0.657. The van der Waals surface area contributed by atoms with Crippen molar-refractivity contribution in [1.29, 1.82) is 0 Å². The predicted molar refractivity (Wildman–Crippen MR) is 171 cm³/mol. The number of carbonyl (C=O) groups is 1. The first-order valence-corrected chi connectivity index (χ1v) is 15.5. The van der Waals surface area contributed by atoms with Crippen molar-refractivity contribution in [3.8, 4) is 17.2 Å². The van der Waals surface area contributed by atoms with Crippen molar-refractivity contribution in [2.24, 2.45) is 5.10 Å². The third-order valence-electron chi connectivity index (χ3n) is 6.38. The SMILES string of the molecule is COc1ccc(C)cc1N(CC(=O)N/N=C/c1cc(Br)c(OCc2ccccc2)c(OC)c1)S(=O)(=O)c1ccc(C)cc1. The molecule has 43 heavy (non-hydrogen) atoms. The highest BCUT2D eigenvalue weighted by Crippen LogP contribution is 2.37. The van der Waals surface area contributed by atoms with Gasteiger partial charge in [0.05, 0.1) is 35.5 Å². The molecule has 0 atom stereocenters. The van der Waals surface area contributed by atoms with Crippen LogP contribution in [0.3, 0.4) is 0 Å². The predicted octanol–water partition coefficient (Wildman–Crippen LogP) is 6.01. The number of hydrogen-bond donors (Lipinski definition) is 1. The number of hydrazone groups is 1. The molecule has 4 rings (SSSR count). The van der Waals surface area contributed by atoms with Crippen LogP contribution in [0.1, 0.15) is 22.3 Å². The first-order valence-electron chi connectivity index (χ1n) is 13.2. The van der Waals surface area contributed by atoms with Crippen LogP contribution >= 0.6 is 15.9 Å². The third-order valence-corrected chi connectivity index (χ3v) is 8.74. The van der Waals surface area contributed by atoms with Crippen molar-refractivity contribution in [2.45, 2.75) is 25.3 Å². The number of rotatable bonds is 12. The lowest BCUT2D eigenvalue weighted by Gasteiger charge is -2.25. The molecule has 0 fully saturated rings. The first kappa shape index (κ1) is 31.6. The monoisotopic (exact) mass is 665 g/mol. The fraction of sp³-hybridized carbons (Fsp3) is 0.188. The van der Waals surface area contributed by atoms with Gasteiger partial charge >= 0.3 is 0 Å². The van der Waals surface area contributed by atoms with Crippen molar-refractivity contribution in [1.82, 2.24) is 5.43 Å². The molecule has 0 aliphatic heterocycles. The number of halogens is 1. The number of sulfonamides is 1. The maximum absolute atomic E-state index is 13.8. The second-order valence-electron chi connectivity index (χ2n) is 9.60. The van der Waals surface area contributed by atoms with E-state index >= 15 is 0 Å². The Morgan fingerprint density at radius 3 is 2.26 bits per heavy atom. The van der Waals surface area contributed by atoms with Crippen molar-refractivity contribution < 1.29 is 27.4 Å². The van der Waals surface area contributed by atoms with Gasteiger partial charge in [0.2, 0.25) is 0 Å². The van der Waals surface area contributed by atoms with Gasteiger partial charge in [0.25, 0.3) is 15.9 Å². The zero-order chi connectivity index (χ0) is 31.0. The quantitative estimate of drug-likeness (QED) is 0.147. The highest BCUT2D eigenvalue weighted by atomic mass is 79.9. The van der Waals surface area contributed by atoms with E-state index in [4.69, 9.17) is 14.2 Å². The Kier molecular flexibility index (Phi) is 10.4. The molecule has 0 radical (unpaired) electrons. The van der Waals surface area contributed by atoms with E-state index < -0.39 is 22.5 Å². The Labute approximate surface area is 260 Å². The summed E-state index contributed by atoms with van der Waals surface area (Å²) in [4.78, 5) is 13.1. The molecule has 11 heteroatoms. The Balaban J connectivity index is 1.54. The van der Waals surface area contributed by atoms with Crippen LogP contribution < -0.4 is 23.9 Å². The van der Waals surface area contributed by atoms with Crippen LogP contribution in [0.25, 0.3) is 0 Å². The lowest BCUT2D eigenvalue weighted by atomic mass is 10.2. The minimum Gasteiger partial charge on any atom is -0.495 e. The van der Waals surface area contributed by atoms with Gasteiger partial charge in [-0.2, -0.15) is 5.10 Å². The lowest BCUT2D eigenvalue weighted by molar-refractivity contribution is -0.119. The second-order valence-corrected chi connectivity index (χ2v) is 12.3. The lowest BCUT2D eigenvalue weighted by Crippen LogP contribution is -2.39. The number of nitrogens with zero attached hydrogens (tertiary/aromatic N) is 2. The first-order chi connectivity index (χ1) is 20.6. The van der Waals surface area contributed by atoms with Crippen LogP contribution in [0.5, 0.6) is 17.2 Å². The van der Waals surface area contributed by atoms with Gasteiger partial charge in [-0.25, -0.2) is 13.8 Å². The van der Waals surface area contributed by atoms with Gasteiger partial charge < -0.3 is 14.2 Å². The van der Waals surface area contributed by atoms with Gasteiger partial charge in [0.1, 0.15) is 18.9 Å². The largest absolute Gasteiger partial charge is 0.495 e. The molecule has 0 spiro atoms. The van der Waals surface area contributed by atoms with E-state index in [1.54, 1.807) is 42.5 Å². The molecule has 0 heterocycles. The number of carbonyl (C=O) groups excluding carboxylic acids is 1. The van der Waals surface area contributed by atoms with Crippen LogP contribution in [0.4, 0.5) is 5.69 Å². The molecule has 1 N–H and O–H groups in total. The number of methoxy groups -OCH3 is 2. The summed E-state index contributed by atoms with van der Waals surface area (Å²) in [6.07, 6.45) is 1.43. The standard InChI is InChI=1S/C32H32BrN3O6S/c1-22-10-13-26(14-11-22)43(38,39)36(28-16-23(2)12-15-29(28)40-3)20-31(37)35-34-19-25-17-27(33)32(30(18-25)41-4)42-21-24-8-6-5-7-9-24/h5-19H,20-21H2,1-4H3,(H,35,37)/b34-19+. The van der Waals surface area contributed by atoms with E-state index in [-0.39, 0.29) is 10.6 Å². The summed E-state index contributed by atoms with van der Waals surface area (Å²) >= 11 is 3.52. The molecule has 0 aliphatic rings. The maximum atomic E-state index is 13.8. The van der Waals surface area contributed by atoms with E-state index in [1.165, 1.54) is 32.6 Å². The Hall–Kier alpha value is -4.35. The fourth-order valence-corrected chi connectivity index (χ4v) is 6.16. The highest BCUT2D eigenvalue weighted by molar-refractivity contribution is 9.10. The fourth-order valence-electron chi connectivity index (χ4n) is 4.16. The van der Waals surface area contributed by atoms with Crippen molar-refractivity contribution in [3.63, 3.8) is 0 Å². The van der Waals surface area contributed by atoms with Gasteiger partial charge in [0, 0.05) is 0 Å². The number of nitrogens with one attached hydrogen (secondary N) is 1. The normalized spacial score (nSPS) is 11.3. The van der Waals surface area contributed by atoms with Gasteiger partial charge in [0.15, 0.2) is 11.5 Å². The van der Waals surface area contributed by atoms with Gasteiger partial charge in [-0.15, -0.1) is 0 Å².